The highest BCUT2D eigenvalue weighted by Crippen LogP contribution is 2.38. The molecule has 1 aliphatic carbocycles. The van der Waals surface area contributed by atoms with Crippen molar-refractivity contribution in [3.8, 4) is 0 Å². The van der Waals surface area contributed by atoms with E-state index < -0.39 is 10.0 Å². The number of esters is 1. The van der Waals surface area contributed by atoms with Crippen LogP contribution in [0.1, 0.15) is 13.3 Å². The van der Waals surface area contributed by atoms with Gasteiger partial charge in [0, 0.05) is 31.2 Å². The third kappa shape index (κ3) is 4.19. The number of amides is 1. The van der Waals surface area contributed by atoms with Gasteiger partial charge in [0.2, 0.25) is 10.0 Å². The van der Waals surface area contributed by atoms with Crippen LogP contribution in [0.3, 0.4) is 0 Å². The van der Waals surface area contributed by atoms with Crippen LogP contribution in [0, 0.1) is 11.8 Å². The number of piperazine rings is 1. The Morgan fingerprint density at radius 3 is 2.27 bits per heavy atom. The first-order valence-electron chi connectivity index (χ1n) is 8.49. The maximum atomic E-state index is 12.6. The first-order valence-corrected chi connectivity index (χ1v) is 10.3. The highest BCUT2D eigenvalue weighted by Gasteiger charge is 2.41. The van der Waals surface area contributed by atoms with Gasteiger partial charge < -0.3 is 9.64 Å². The molecule has 142 valence electrons. The van der Waals surface area contributed by atoms with E-state index in [1.54, 1.807) is 0 Å². The lowest BCUT2D eigenvalue weighted by Gasteiger charge is -2.33. The summed E-state index contributed by atoms with van der Waals surface area (Å²) in [5.41, 5.74) is 0. The summed E-state index contributed by atoms with van der Waals surface area (Å²) in [5.74, 6) is -0.367. The Morgan fingerprint density at radius 2 is 1.73 bits per heavy atom. The van der Waals surface area contributed by atoms with Crippen LogP contribution in [-0.2, 0) is 24.3 Å². The van der Waals surface area contributed by atoms with Crippen molar-refractivity contribution in [2.75, 3.05) is 32.8 Å². The zero-order valence-electron chi connectivity index (χ0n) is 14.4. The van der Waals surface area contributed by atoms with Gasteiger partial charge in [-0.2, -0.15) is 4.31 Å². The van der Waals surface area contributed by atoms with Crippen LogP contribution in [0.25, 0.3) is 0 Å². The van der Waals surface area contributed by atoms with Gasteiger partial charge in [0.15, 0.2) is 6.61 Å². The van der Waals surface area contributed by atoms with E-state index in [-0.39, 0.29) is 55.5 Å². The summed E-state index contributed by atoms with van der Waals surface area (Å²) >= 11 is 5.80. The number of nitrogens with zero attached hydrogens (tertiary/aromatic N) is 2. The molecule has 2 fully saturated rings. The molecule has 1 aromatic carbocycles. The molecule has 1 saturated carbocycles. The third-order valence-corrected chi connectivity index (χ3v) is 6.96. The highest BCUT2D eigenvalue weighted by molar-refractivity contribution is 7.89. The average molecular weight is 401 g/mol. The average Bonchev–Trinajstić information content (AvgIpc) is 3.36. The molecule has 3 rings (SSSR count). The van der Waals surface area contributed by atoms with Gasteiger partial charge >= 0.3 is 5.97 Å². The van der Waals surface area contributed by atoms with Crippen molar-refractivity contribution < 1.29 is 22.7 Å². The molecule has 2 atom stereocenters. The molecule has 0 aromatic heterocycles. The number of hydrogen-bond donors (Lipinski definition) is 0. The molecule has 0 bridgehead atoms. The molecule has 0 unspecified atom stereocenters. The molecular formula is C17H21ClN2O5S. The quantitative estimate of drug-likeness (QED) is 0.697. The van der Waals surface area contributed by atoms with E-state index in [4.69, 9.17) is 16.3 Å². The number of rotatable bonds is 5. The number of hydrogen-bond acceptors (Lipinski definition) is 5. The Morgan fingerprint density at radius 1 is 1.15 bits per heavy atom. The summed E-state index contributed by atoms with van der Waals surface area (Å²) in [4.78, 5) is 25.5. The fourth-order valence-corrected chi connectivity index (χ4v) is 4.46. The van der Waals surface area contributed by atoms with E-state index in [0.717, 1.165) is 6.42 Å². The second-order valence-corrected chi connectivity index (χ2v) is 9.04. The molecule has 26 heavy (non-hydrogen) atoms. The zero-order valence-corrected chi connectivity index (χ0v) is 16.0. The summed E-state index contributed by atoms with van der Waals surface area (Å²) < 4.78 is 31.6. The maximum Gasteiger partial charge on any atom is 0.309 e. The molecular weight excluding hydrogens is 380 g/mol. The largest absolute Gasteiger partial charge is 0.455 e. The SMILES string of the molecule is C[C@@H]1C[C@@H]1C(=O)OCC(=O)N1CCN(S(=O)(=O)c2ccc(Cl)cc2)CC1. The fraction of sp³-hybridized carbons (Fsp3) is 0.529. The lowest BCUT2D eigenvalue weighted by Crippen LogP contribution is -2.51. The number of carbonyl (C=O) groups excluding carboxylic acids is 2. The fourth-order valence-electron chi connectivity index (χ4n) is 2.92. The molecule has 0 spiro atoms. The van der Waals surface area contributed by atoms with Crippen LogP contribution < -0.4 is 0 Å². The minimum absolute atomic E-state index is 0.0795. The van der Waals surface area contributed by atoms with Gasteiger partial charge in [-0.05, 0) is 36.6 Å². The molecule has 9 heteroatoms. The maximum absolute atomic E-state index is 12.6. The predicted molar refractivity (Wildman–Crippen MR) is 95.0 cm³/mol. The van der Waals surface area contributed by atoms with Crippen molar-refractivity contribution in [3.05, 3.63) is 29.3 Å². The zero-order chi connectivity index (χ0) is 18.9. The lowest BCUT2D eigenvalue weighted by atomic mass is 10.3. The van der Waals surface area contributed by atoms with Crippen molar-refractivity contribution in [1.82, 2.24) is 9.21 Å². The standard InChI is InChI=1S/C17H21ClN2O5S/c1-12-10-15(12)17(22)25-11-16(21)19-6-8-20(9-7-19)26(23,24)14-4-2-13(18)3-5-14/h2-5,12,15H,6-11H2,1H3/t12-,15+/m1/s1. The van der Waals surface area contributed by atoms with Gasteiger partial charge in [-0.1, -0.05) is 18.5 Å². The lowest BCUT2D eigenvalue weighted by molar-refractivity contribution is -0.153. The Hall–Kier alpha value is -1.64. The van der Waals surface area contributed by atoms with E-state index >= 15 is 0 Å². The van der Waals surface area contributed by atoms with Crippen LogP contribution in [0.4, 0.5) is 0 Å². The molecule has 0 N–H and O–H groups in total. The normalized spacial score (nSPS) is 23.5. The first-order chi connectivity index (χ1) is 12.3. The molecule has 0 radical (unpaired) electrons. The highest BCUT2D eigenvalue weighted by atomic mass is 35.5. The third-order valence-electron chi connectivity index (χ3n) is 4.79. The summed E-state index contributed by atoms with van der Waals surface area (Å²) in [6, 6.07) is 5.99. The topological polar surface area (TPSA) is 84.0 Å². The number of sulfonamides is 1. The molecule has 1 amide bonds. The molecule has 1 aliphatic heterocycles. The van der Waals surface area contributed by atoms with Gasteiger partial charge in [0.05, 0.1) is 10.8 Å². The van der Waals surface area contributed by atoms with Crippen molar-refractivity contribution in [2.45, 2.75) is 18.2 Å². The minimum Gasteiger partial charge on any atom is -0.455 e. The van der Waals surface area contributed by atoms with Crippen molar-refractivity contribution in [3.63, 3.8) is 0 Å². The Balaban J connectivity index is 1.51. The van der Waals surface area contributed by atoms with Crippen LogP contribution in [-0.4, -0.2) is 62.3 Å². The second-order valence-electron chi connectivity index (χ2n) is 6.67. The van der Waals surface area contributed by atoms with E-state index in [9.17, 15) is 18.0 Å². The van der Waals surface area contributed by atoms with Gasteiger partial charge in [0.25, 0.3) is 5.91 Å². The number of ether oxygens (including phenoxy) is 1. The molecule has 1 aromatic rings. The van der Waals surface area contributed by atoms with E-state index in [1.165, 1.54) is 33.5 Å². The van der Waals surface area contributed by atoms with Crippen LogP contribution in [0.15, 0.2) is 29.2 Å². The number of benzene rings is 1. The minimum atomic E-state index is -3.61. The number of halogens is 1. The molecule has 7 nitrogen and oxygen atoms in total. The summed E-state index contributed by atoms with van der Waals surface area (Å²) in [5, 5.41) is 0.467. The molecule has 1 heterocycles. The number of carbonyl (C=O) groups is 2. The Kier molecular flexibility index (Phi) is 5.55. The van der Waals surface area contributed by atoms with Crippen LogP contribution >= 0.6 is 11.6 Å². The van der Waals surface area contributed by atoms with Gasteiger partial charge in [-0.3, -0.25) is 9.59 Å². The van der Waals surface area contributed by atoms with E-state index in [0.29, 0.717) is 10.9 Å². The molecule has 2 aliphatic rings. The summed E-state index contributed by atoms with van der Waals surface area (Å²) in [7, 11) is -3.61. The van der Waals surface area contributed by atoms with Crippen LogP contribution in [0.5, 0.6) is 0 Å². The Labute approximate surface area is 157 Å². The van der Waals surface area contributed by atoms with Crippen molar-refractivity contribution >= 4 is 33.5 Å². The van der Waals surface area contributed by atoms with Gasteiger partial charge in [-0.15, -0.1) is 0 Å². The predicted octanol–water partition coefficient (Wildman–Crippen LogP) is 1.37. The summed E-state index contributed by atoms with van der Waals surface area (Å²) in [6.45, 7) is 2.61. The first kappa shape index (κ1) is 19.1. The monoisotopic (exact) mass is 400 g/mol. The van der Waals surface area contributed by atoms with Gasteiger partial charge in [0.1, 0.15) is 0 Å². The smallest absolute Gasteiger partial charge is 0.309 e. The van der Waals surface area contributed by atoms with E-state index in [1.807, 2.05) is 6.92 Å². The summed E-state index contributed by atoms with van der Waals surface area (Å²) in [6.07, 6.45) is 0.814. The van der Waals surface area contributed by atoms with Crippen molar-refractivity contribution in [1.29, 1.82) is 0 Å². The molecule has 1 saturated heterocycles. The van der Waals surface area contributed by atoms with Gasteiger partial charge in [-0.25, -0.2) is 8.42 Å². The van der Waals surface area contributed by atoms with E-state index in [2.05, 4.69) is 0 Å². The van der Waals surface area contributed by atoms with Crippen molar-refractivity contribution in [2.24, 2.45) is 11.8 Å². The second kappa shape index (κ2) is 7.54. The Bertz CT molecular complexity index is 788. The van der Waals surface area contributed by atoms with Crippen LogP contribution in [0.2, 0.25) is 5.02 Å².